The fourth-order valence-corrected chi connectivity index (χ4v) is 3.35. The molecule has 0 saturated carbocycles. The smallest absolute Gasteiger partial charge is 0.233 e. The quantitative estimate of drug-likeness (QED) is 0.614. The van der Waals surface area contributed by atoms with Gasteiger partial charge in [-0.3, -0.25) is 9.36 Å². The molecular weight excluding hydrogens is 348 g/mol. The van der Waals surface area contributed by atoms with Gasteiger partial charge in [0, 0.05) is 6.54 Å². The maximum Gasteiger partial charge on any atom is 0.233 e. The molecule has 2 aromatic heterocycles. The summed E-state index contributed by atoms with van der Waals surface area (Å²) in [5, 5.41) is 12.0. The van der Waals surface area contributed by atoms with Crippen LogP contribution in [0.5, 0.6) is 0 Å². The zero-order valence-corrected chi connectivity index (χ0v) is 15.7. The molecule has 6 nitrogen and oxygen atoms in total. The molecule has 1 aromatic carbocycles. The normalized spacial score (nSPS) is 12.1. The van der Waals surface area contributed by atoms with E-state index in [0.717, 1.165) is 12.0 Å². The van der Waals surface area contributed by atoms with Gasteiger partial charge in [-0.2, -0.15) is 0 Å². The second-order valence-electron chi connectivity index (χ2n) is 5.91. The summed E-state index contributed by atoms with van der Waals surface area (Å²) in [6.07, 6.45) is 2.53. The number of benzene rings is 1. The van der Waals surface area contributed by atoms with Gasteiger partial charge in [0.1, 0.15) is 0 Å². The Balaban J connectivity index is 1.86. The van der Waals surface area contributed by atoms with E-state index in [1.54, 1.807) is 6.26 Å². The van der Waals surface area contributed by atoms with Crippen molar-refractivity contribution in [3.05, 3.63) is 54.3 Å². The fraction of sp³-hybridized carbons (Fsp3) is 0.316. The van der Waals surface area contributed by atoms with Crippen molar-refractivity contribution < 1.29 is 9.21 Å². The van der Waals surface area contributed by atoms with Gasteiger partial charge in [-0.25, -0.2) is 0 Å². The number of rotatable bonds is 8. The monoisotopic (exact) mass is 370 g/mol. The molecule has 1 N–H and O–H groups in total. The van der Waals surface area contributed by atoms with E-state index < -0.39 is 0 Å². The third-order valence-electron chi connectivity index (χ3n) is 3.84. The zero-order chi connectivity index (χ0) is 18.4. The number of thioether (sulfide) groups is 1. The average molecular weight is 370 g/mol. The van der Waals surface area contributed by atoms with E-state index in [1.165, 1.54) is 11.8 Å². The second kappa shape index (κ2) is 8.71. The molecule has 2 heterocycles. The van der Waals surface area contributed by atoms with Gasteiger partial charge in [0.05, 0.1) is 18.1 Å². The van der Waals surface area contributed by atoms with Crippen molar-refractivity contribution in [2.45, 2.75) is 37.2 Å². The Labute approximate surface area is 157 Å². The molecule has 0 bridgehead atoms. The first-order valence-electron chi connectivity index (χ1n) is 8.64. The third-order valence-corrected chi connectivity index (χ3v) is 4.92. The van der Waals surface area contributed by atoms with Gasteiger partial charge in [0.15, 0.2) is 10.9 Å². The molecule has 0 saturated heterocycles. The molecule has 3 aromatic rings. The summed E-state index contributed by atoms with van der Waals surface area (Å²) in [5.41, 5.74) is 1.13. The molecule has 0 unspecified atom stereocenters. The largest absolute Gasteiger partial charge is 0.461 e. The number of furan rings is 1. The Kier molecular flexibility index (Phi) is 6.12. The van der Waals surface area contributed by atoms with Gasteiger partial charge in [-0.15, -0.1) is 10.2 Å². The first-order valence-corrected chi connectivity index (χ1v) is 9.52. The first-order chi connectivity index (χ1) is 12.7. The van der Waals surface area contributed by atoms with Gasteiger partial charge < -0.3 is 9.73 Å². The van der Waals surface area contributed by atoms with Crippen LogP contribution in [0.15, 0.2) is 58.3 Å². The molecule has 0 radical (unpaired) electrons. The summed E-state index contributed by atoms with van der Waals surface area (Å²) in [6.45, 7) is 5.20. The van der Waals surface area contributed by atoms with E-state index in [9.17, 15) is 4.79 Å². The lowest BCUT2D eigenvalue weighted by molar-refractivity contribution is -0.120. The highest BCUT2D eigenvalue weighted by molar-refractivity contribution is 8.00. The van der Waals surface area contributed by atoms with E-state index >= 15 is 0 Å². The molecule has 3 rings (SSSR count). The van der Waals surface area contributed by atoms with Crippen molar-refractivity contribution in [1.82, 2.24) is 20.1 Å². The van der Waals surface area contributed by atoms with Crippen LogP contribution >= 0.6 is 11.8 Å². The molecule has 7 heteroatoms. The van der Waals surface area contributed by atoms with Crippen LogP contribution in [0.3, 0.4) is 0 Å². The van der Waals surface area contributed by atoms with Gasteiger partial charge in [-0.1, -0.05) is 49.0 Å². The number of amides is 1. The minimum absolute atomic E-state index is 0.00524. The zero-order valence-electron chi connectivity index (χ0n) is 14.9. The fourth-order valence-electron chi connectivity index (χ4n) is 2.48. The van der Waals surface area contributed by atoms with Crippen molar-refractivity contribution in [2.24, 2.45) is 0 Å². The van der Waals surface area contributed by atoms with Crippen LogP contribution in [0.25, 0.3) is 11.6 Å². The molecular formula is C19H22N4O2S. The van der Waals surface area contributed by atoms with Gasteiger partial charge >= 0.3 is 0 Å². The van der Waals surface area contributed by atoms with Crippen LogP contribution in [0.2, 0.25) is 0 Å². The van der Waals surface area contributed by atoms with E-state index in [-0.39, 0.29) is 11.2 Å². The summed E-state index contributed by atoms with van der Waals surface area (Å²) in [6, 6.07) is 13.8. The highest BCUT2D eigenvalue weighted by atomic mass is 32.2. The van der Waals surface area contributed by atoms with Crippen molar-refractivity contribution >= 4 is 17.7 Å². The highest BCUT2D eigenvalue weighted by Crippen LogP contribution is 2.28. The maximum atomic E-state index is 12.2. The summed E-state index contributed by atoms with van der Waals surface area (Å²) < 4.78 is 7.49. The Morgan fingerprint density at radius 1 is 1.23 bits per heavy atom. The number of carbonyl (C=O) groups excluding carboxylic acids is 1. The molecule has 1 atom stereocenters. The van der Waals surface area contributed by atoms with Crippen LogP contribution < -0.4 is 5.32 Å². The van der Waals surface area contributed by atoms with Crippen molar-refractivity contribution in [1.29, 1.82) is 0 Å². The van der Waals surface area contributed by atoms with E-state index in [2.05, 4.69) is 27.6 Å². The SMILES string of the molecule is CCCNC(=O)[C@H](C)Sc1nnc(-c2ccco2)n1Cc1ccccc1. The second-order valence-corrected chi connectivity index (χ2v) is 7.21. The number of nitrogens with one attached hydrogen (secondary N) is 1. The topological polar surface area (TPSA) is 73.0 Å². The minimum Gasteiger partial charge on any atom is -0.461 e. The summed E-state index contributed by atoms with van der Waals surface area (Å²) in [7, 11) is 0. The Bertz CT molecular complexity index is 831. The van der Waals surface area contributed by atoms with E-state index in [4.69, 9.17) is 4.42 Å². The minimum atomic E-state index is -0.260. The van der Waals surface area contributed by atoms with Crippen LogP contribution in [0, 0.1) is 0 Å². The van der Waals surface area contributed by atoms with Gasteiger partial charge in [0.2, 0.25) is 11.7 Å². The number of nitrogens with zero attached hydrogens (tertiary/aromatic N) is 3. The number of hydrogen-bond donors (Lipinski definition) is 1. The van der Waals surface area contributed by atoms with Crippen LogP contribution in [-0.4, -0.2) is 32.5 Å². The third kappa shape index (κ3) is 4.35. The predicted molar refractivity (Wildman–Crippen MR) is 102 cm³/mol. The Morgan fingerprint density at radius 3 is 2.73 bits per heavy atom. The molecule has 0 aliphatic heterocycles. The molecule has 0 aliphatic rings. The number of hydrogen-bond acceptors (Lipinski definition) is 5. The molecule has 1 amide bonds. The lowest BCUT2D eigenvalue weighted by Gasteiger charge is -2.13. The van der Waals surface area contributed by atoms with Crippen molar-refractivity contribution in [3.63, 3.8) is 0 Å². The molecule has 0 spiro atoms. The first kappa shape index (κ1) is 18.3. The Morgan fingerprint density at radius 2 is 2.04 bits per heavy atom. The maximum absolute atomic E-state index is 12.2. The van der Waals surface area contributed by atoms with Crippen molar-refractivity contribution in [2.75, 3.05) is 6.54 Å². The van der Waals surface area contributed by atoms with E-state index in [1.807, 2.05) is 48.7 Å². The standard InChI is InChI=1S/C19H22N4O2S/c1-3-11-20-18(24)14(2)26-19-22-21-17(16-10-7-12-25-16)23(19)13-15-8-5-4-6-9-15/h4-10,12,14H,3,11,13H2,1-2H3,(H,20,24)/t14-/m0/s1. The van der Waals surface area contributed by atoms with Gasteiger partial charge in [0.25, 0.3) is 0 Å². The lowest BCUT2D eigenvalue weighted by atomic mass is 10.2. The molecule has 0 aliphatic carbocycles. The average Bonchev–Trinajstić information content (AvgIpc) is 3.31. The summed E-state index contributed by atoms with van der Waals surface area (Å²) in [4.78, 5) is 12.2. The summed E-state index contributed by atoms with van der Waals surface area (Å²) in [5.74, 6) is 1.32. The Hall–Kier alpha value is -2.54. The van der Waals surface area contributed by atoms with Crippen molar-refractivity contribution in [3.8, 4) is 11.6 Å². The van der Waals surface area contributed by atoms with Crippen LogP contribution in [-0.2, 0) is 11.3 Å². The van der Waals surface area contributed by atoms with E-state index in [0.29, 0.717) is 29.8 Å². The van der Waals surface area contributed by atoms with Crippen LogP contribution in [0.1, 0.15) is 25.8 Å². The van der Waals surface area contributed by atoms with Crippen LogP contribution in [0.4, 0.5) is 0 Å². The van der Waals surface area contributed by atoms with Gasteiger partial charge in [-0.05, 0) is 31.0 Å². The predicted octanol–water partition coefficient (Wildman–Crippen LogP) is 3.59. The molecule has 26 heavy (non-hydrogen) atoms. The number of aromatic nitrogens is 3. The number of carbonyl (C=O) groups is 1. The summed E-state index contributed by atoms with van der Waals surface area (Å²) >= 11 is 1.40. The molecule has 136 valence electrons. The highest BCUT2D eigenvalue weighted by Gasteiger charge is 2.21. The molecule has 0 fully saturated rings. The lowest BCUT2D eigenvalue weighted by Crippen LogP contribution is -2.31.